The Labute approximate surface area is 176 Å². The van der Waals surface area contributed by atoms with Crippen molar-refractivity contribution in [2.24, 2.45) is 0 Å². The molecule has 0 spiro atoms. The largest absolute Gasteiger partial charge is 0.466 e. The number of ether oxygens (including phenoxy) is 2. The molecule has 2 heterocycles. The van der Waals surface area contributed by atoms with E-state index in [4.69, 9.17) is 25.6 Å². The van der Waals surface area contributed by atoms with Crippen LogP contribution in [0.2, 0.25) is 0 Å². The Morgan fingerprint density at radius 2 is 2.17 bits per heavy atom. The van der Waals surface area contributed by atoms with Crippen molar-refractivity contribution in [2.45, 2.75) is 18.7 Å². The second kappa shape index (κ2) is 9.06. The second-order valence-corrected chi connectivity index (χ2v) is 6.68. The standard InChI is InChI=1S/C19H19ClN4O6/c1-10-15(18-22-14(8-20)23-30-18)16(11-5-4-6-12(7-11)24(26)27)17(19(25)29-3)13(21-10)9-28-2/h4-7,16,21H,8-9H2,1-3H3. The van der Waals surface area contributed by atoms with E-state index in [0.717, 1.165) is 0 Å². The third kappa shape index (κ3) is 4.05. The lowest BCUT2D eigenvalue weighted by atomic mass is 9.80. The van der Waals surface area contributed by atoms with Crippen LogP contribution in [0.1, 0.15) is 30.1 Å². The number of dihydropyridines is 1. The fourth-order valence-corrected chi connectivity index (χ4v) is 3.47. The molecule has 0 saturated carbocycles. The van der Waals surface area contributed by atoms with Gasteiger partial charge in [-0.15, -0.1) is 11.6 Å². The Bertz CT molecular complexity index is 1050. The van der Waals surface area contributed by atoms with Crippen molar-refractivity contribution < 1.29 is 23.7 Å². The number of esters is 1. The summed E-state index contributed by atoms with van der Waals surface area (Å²) in [5.74, 6) is -0.930. The number of methoxy groups -OCH3 is 2. The molecule has 3 rings (SSSR count). The van der Waals surface area contributed by atoms with Crippen LogP contribution in [0.4, 0.5) is 5.69 Å². The molecule has 1 aromatic carbocycles. The lowest BCUT2D eigenvalue weighted by molar-refractivity contribution is -0.384. The van der Waals surface area contributed by atoms with Gasteiger partial charge in [-0.3, -0.25) is 10.1 Å². The van der Waals surface area contributed by atoms with E-state index in [1.807, 2.05) is 0 Å². The third-order valence-electron chi connectivity index (χ3n) is 4.57. The highest BCUT2D eigenvalue weighted by atomic mass is 35.5. The summed E-state index contributed by atoms with van der Waals surface area (Å²) in [6.07, 6.45) is 0. The first-order valence-electron chi connectivity index (χ1n) is 8.82. The molecule has 11 heteroatoms. The maximum atomic E-state index is 12.8. The molecule has 158 valence electrons. The highest BCUT2D eigenvalue weighted by Crippen LogP contribution is 2.44. The van der Waals surface area contributed by atoms with Crippen molar-refractivity contribution >= 4 is 28.8 Å². The first kappa shape index (κ1) is 21.5. The molecule has 30 heavy (non-hydrogen) atoms. The minimum absolute atomic E-state index is 0.0410. The van der Waals surface area contributed by atoms with Crippen LogP contribution in [0.15, 0.2) is 45.8 Å². The molecule has 1 N–H and O–H groups in total. The number of nitrogens with zero attached hydrogens (tertiary/aromatic N) is 3. The number of hydrogen-bond acceptors (Lipinski definition) is 9. The molecular formula is C19H19ClN4O6. The van der Waals surface area contributed by atoms with Crippen molar-refractivity contribution in [3.05, 3.63) is 68.6 Å². The first-order chi connectivity index (χ1) is 14.4. The minimum Gasteiger partial charge on any atom is -0.466 e. The molecule has 0 fully saturated rings. The van der Waals surface area contributed by atoms with E-state index in [9.17, 15) is 14.9 Å². The topological polar surface area (TPSA) is 130 Å². The van der Waals surface area contributed by atoms with E-state index in [2.05, 4.69) is 15.5 Å². The lowest BCUT2D eigenvalue weighted by Crippen LogP contribution is -2.31. The van der Waals surface area contributed by atoms with Gasteiger partial charge in [-0.2, -0.15) is 4.98 Å². The fourth-order valence-electron chi connectivity index (χ4n) is 3.36. The molecule has 0 bridgehead atoms. The van der Waals surface area contributed by atoms with Crippen LogP contribution in [0.5, 0.6) is 0 Å². The molecule has 1 aliphatic heterocycles. The number of alkyl halides is 1. The lowest BCUT2D eigenvalue weighted by Gasteiger charge is -2.30. The summed E-state index contributed by atoms with van der Waals surface area (Å²) in [5, 5.41) is 18.3. The molecule has 0 aliphatic carbocycles. The van der Waals surface area contributed by atoms with E-state index in [0.29, 0.717) is 22.5 Å². The summed E-state index contributed by atoms with van der Waals surface area (Å²) < 4.78 is 15.6. The number of nitro benzene ring substituents is 1. The summed E-state index contributed by atoms with van der Waals surface area (Å²) in [7, 11) is 2.75. The number of benzene rings is 1. The van der Waals surface area contributed by atoms with Crippen LogP contribution in [0, 0.1) is 10.1 Å². The molecule has 1 aromatic heterocycles. The highest BCUT2D eigenvalue weighted by molar-refractivity contribution is 6.16. The number of carbonyl (C=O) groups excluding carboxylic acids is 1. The van der Waals surface area contributed by atoms with Crippen LogP contribution in [-0.2, 0) is 20.1 Å². The van der Waals surface area contributed by atoms with Gasteiger partial charge in [0.1, 0.15) is 0 Å². The quantitative estimate of drug-likeness (QED) is 0.302. The van der Waals surface area contributed by atoms with Crippen molar-refractivity contribution in [1.82, 2.24) is 15.5 Å². The Morgan fingerprint density at radius 1 is 1.40 bits per heavy atom. The molecule has 10 nitrogen and oxygen atoms in total. The Morgan fingerprint density at radius 3 is 2.77 bits per heavy atom. The summed E-state index contributed by atoms with van der Waals surface area (Å²) >= 11 is 5.80. The van der Waals surface area contributed by atoms with Crippen LogP contribution in [0.25, 0.3) is 5.57 Å². The molecule has 0 amide bonds. The molecule has 0 radical (unpaired) electrons. The van der Waals surface area contributed by atoms with E-state index >= 15 is 0 Å². The van der Waals surface area contributed by atoms with Gasteiger partial charge >= 0.3 is 5.97 Å². The molecule has 1 atom stereocenters. The average Bonchev–Trinajstić information content (AvgIpc) is 3.21. The summed E-state index contributed by atoms with van der Waals surface area (Å²) in [6, 6.07) is 6.00. The Balaban J connectivity index is 2.27. The minimum atomic E-state index is -0.771. The van der Waals surface area contributed by atoms with Crippen molar-refractivity contribution in [2.75, 3.05) is 20.8 Å². The van der Waals surface area contributed by atoms with Gasteiger partial charge < -0.3 is 19.3 Å². The van der Waals surface area contributed by atoms with E-state index in [-0.39, 0.29) is 35.5 Å². The first-order valence-corrected chi connectivity index (χ1v) is 9.36. The molecule has 2 aromatic rings. The van der Waals surface area contributed by atoms with Crippen LogP contribution < -0.4 is 5.32 Å². The number of hydrogen-bond donors (Lipinski definition) is 1. The SMILES string of the molecule is COCC1=C(C(=O)OC)C(c2cccc([N+](=O)[O-])c2)C(c2nc(CCl)no2)=C(C)N1. The number of rotatable bonds is 7. The zero-order valence-corrected chi connectivity index (χ0v) is 17.2. The van der Waals surface area contributed by atoms with E-state index < -0.39 is 16.8 Å². The maximum absolute atomic E-state index is 12.8. The van der Waals surface area contributed by atoms with Crippen molar-refractivity contribution in [1.29, 1.82) is 0 Å². The monoisotopic (exact) mass is 434 g/mol. The van der Waals surface area contributed by atoms with Gasteiger partial charge in [-0.05, 0) is 12.5 Å². The molecular weight excluding hydrogens is 416 g/mol. The second-order valence-electron chi connectivity index (χ2n) is 6.41. The number of allylic oxidation sites excluding steroid dienone is 2. The number of nitro groups is 1. The molecule has 1 unspecified atom stereocenters. The van der Waals surface area contributed by atoms with Gasteiger partial charge in [0.05, 0.1) is 41.7 Å². The predicted molar refractivity (Wildman–Crippen MR) is 106 cm³/mol. The van der Waals surface area contributed by atoms with Crippen LogP contribution >= 0.6 is 11.6 Å². The fraction of sp³-hybridized carbons (Fsp3) is 0.316. The number of aromatic nitrogens is 2. The smallest absolute Gasteiger partial charge is 0.336 e. The third-order valence-corrected chi connectivity index (χ3v) is 4.81. The van der Waals surface area contributed by atoms with Crippen LogP contribution in [-0.4, -0.2) is 41.9 Å². The van der Waals surface area contributed by atoms with Crippen molar-refractivity contribution in [3.8, 4) is 0 Å². The van der Waals surface area contributed by atoms with Crippen LogP contribution in [0.3, 0.4) is 0 Å². The summed E-state index contributed by atoms with van der Waals surface area (Å²) in [5.41, 5.74) is 2.17. The number of non-ortho nitro benzene ring substituents is 1. The summed E-state index contributed by atoms with van der Waals surface area (Å²) in [6.45, 7) is 1.87. The normalized spacial score (nSPS) is 16.5. The van der Waals surface area contributed by atoms with Gasteiger partial charge in [0, 0.05) is 30.5 Å². The van der Waals surface area contributed by atoms with Gasteiger partial charge in [-0.25, -0.2) is 4.79 Å². The molecule has 1 aliphatic rings. The highest BCUT2D eigenvalue weighted by Gasteiger charge is 2.38. The number of nitrogens with one attached hydrogen (secondary N) is 1. The van der Waals surface area contributed by atoms with Gasteiger partial charge in [-0.1, -0.05) is 17.3 Å². The number of carbonyl (C=O) groups is 1. The predicted octanol–water partition coefficient (Wildman–Crippen LogP) is 2.91. The molecule has 0 saturated heterocycles. The van der Waals surface area contributed by atoms with Gasteiger partial charge in [0.2, 0.25) is 0 Å². The van der Waals surface area contributed by atoms with Gasteiger partial charge in [0.15, 0.2) is 5.82 Å². The van der Waals surface area contributed by atoms with Gasteiger partial charge in [0.25, 0.3) is 11.6 Å². The average molecular weight is 435 g/mol. The zero-order chi connectivity index (χ0) is 21.8. The Hall–Kier alpha value is -3.24. The van der Waals surface area contributed by atoms with Crippen molar-refractivity contribution in [3.63, 3.8) is 0 Å². The van der Waals surface area contributed by atoms with E-state index in [1.54, 1.807) is 19.1 Å². The zero-order valence-electron chi connectivity index (χ0n) is 16.5. The summed E-state index contributed by atoms with van der Waals surface area (Å²) in [4.78, 5) is 27.9. The maximum Gasteiger partial charge on any atom is 0.336 e. The Kier molecular flexibility index (Phi) is 6.48. The number of halogens is 1. The van der Waals surface area contributed by atoms with E-state index in [1.165, 1.54) is 26.4 Å².